The average molecular weight is 368 g/mol. The van der Waals surface area contributed by atoms with Crippen LogP contribution in [0.15, 0.2) is 56.7 Å². The number of benzene rings is 1. The van der Waals surface area contributed by atoms with Crippen molar-refractivity contribution in [3.63, 3.8) is 0 Å². The summed E-state index contributed by atoms with van der Waals surface area (Å²) in [7, 11) is 0. The van der Waals surface area contributed by atoms with Gasteiger partial charge in [0.15, 0.2) is 0 Å². The second-order valence-electron chi connectivity index (χ2n) is 5.77. The first-order valence-electron chi connectivity index (χ1n) is 8.04. The molecule has 0 radical (unpaired) electrons. The number of thioether (sulfide) groups is 1. The van der Waals surface area contributed by atoms with Crippen molar-refractivity contribution in [2.24, 2.45) is 0 Å². The van der Waals surface area contributed by atoms with Gasteiger partial charge in [-0.05, 0) is 48.5 Å². The summed E-state index contributed by atoms with van der Waals surface area (Å²) in [6, 6.07) is 11.7. The number of furan rings is 1. The third-order valence-electron chi connectivity index (χ3n) is 3.72. The maximum atomic E-state index is 5.84. The first kappa shape index (κ1) is 16.5. The summed E-state index contributed by atoms with van der Waals surface area (Å²) in [6.07, 6.45) is 1.63. The van der Waals surface area contributed by atoms with Gasteiger partial charge in [-0.1, -0.05) is 29.5 Å². The number of tetrazole rings is 1. The molecule has 0 aliphatic carbocycles. The Hall–Kier alpha value is -2.94. The minimum atomic E-state index is -0.0950. The fourth-order valence-electron chi connectivity index (χ4n) is 2.43. The molecule has 0 saturated carbocycles. The molecule has 8 nitrogen and oxygen atoms in total. The van der Waals surface area contributed by atoms with Gasteiger partial charge >= 0.3 is 0 Å². The monoisotopic (exact) mass is 368 g/mol. The highest BCUT2D eigenvalue weighted by Crippen LogP contribution is 2.34. The van der Waals surface area contributed by atoms with Crippen LogP contribution in [0.4, 0.5) is 0 Å². The fraction of sp³-hybridized carbons (Fsp3) is 0.235. The Bertz CT molecular complexity index is 994. The molecule has 0 saturated heterocycles. The van der Waals surface area contributed by atoms with Crippen LogP contribution in [-0.2, 0) is 6.54 Å². The Morgan fingerprint density at radius 3 is 2.88 bits per heavy atom. The first-order chi connectivity index (χ1) is 12.7. The third-order valence-corrected chi connectivity index (χ3v) is 4.78. The highest BCUT2D eigenvalue weighted by Gasteiger charge is 2.20. The molecule has 0 aliphatic rings. The molecule has 3 aromatic heterocycles. The average Bonchev–Trinajstić information content (AvgIpc) is 3.37. The Morgan fingerprint density at radius 2 is 2.08 bits per heavy atom. The van der Waals surface area contributed by atoms with Crippen LogP contribution in [0, 0.1) is 6.92 Å². The molecule has 9 heteroatoms. The summed E-state index contributed by atoms with van der Waals surface area (Å²) < 4.78 is 12.9. The maximum Gasteiger partial charge on any atom is 0.247 e. The topological polar surface area (TPSA) is 95.7 Å². The predicted octanol–water partition coefficient (Wildman–Crippen LogP) is 3.53. The summed E-state index contributed by atoms with van der Waals surface area (Å²) in [4.78, 5) is 0. The SMILES string of the molecule is Cc1cccc(-c2nnc([C@H](C)Sc3nnnn3Cc3ccco3)o2)c1. The van der Waals surface area contributed by atoms with E-state index in [2.05, 4.69) is 25.7 Å². The maximum absolute atomic E-state index is 5.84. The second-order valence-corrected chi connectivity index (χ2v) is 7.08. The van der Waals surface area contributed by atoms with Gasteiger partial charge in [0, 0.05) is 5.56 Å². The zero-order valence-corrected chi connectivity index (χ0v) is 15.1. The van der Waals surface area contributed by atoms with E-state index in [4.69, 9.17) is 8.83 Å². The molecule has 0 spiro atoms. The number of rotatable bonds is 6. The van der Waals surface area contributed by atoms with E-state index >= 15 is 0 Å². The predicted molar refractivity (Wildman–Crippen MR) is 94.4 cm³/mol. The van der Waals surface area contributed by atoms with Crippen molar-refractivity contribution in [2.75, 3.05) is 0 Å². The molecule has 132 valence electrons. The molecule has 3 heterocycles. The van der Waals surface area contributed by atoms with Gasteiger partial charge in [-0.2, -0.15) is 0 Å². The second kappa shape index (κ2) is 7.12. The summed E-state index contributed by atoms with van der Waals surface area (Å²) in [5.74, 6) is 1.82. The van der Waals surface area contributed by atoms with Gasteiger partial charge in [0.25, 0.3) is 0 Å². The summed E-state index contributed by atoms with van der Waals surface area (Å²) in [5.41, 5.74) is 2.05. The molecule has 0 bridgehead atoms. The van der Waals surface area contributed by atoms with Crippen LogP contribution in [0.1, 0.15) is 29.4 Å². The van der Waals surface area contributed by atoms with Crippen LogP contribution >= 0.6 is 11.8 Å². The van der Waals surface area contributed by atoms with Crippen LogP contribution in [0.2, 0.25) is 0 Å². The molecule has 4 aromatic rings. The van der Waals surface area contributed by atoms with E-state index in [1.807, 2.05) is 50.2 Å². The van der Waals surface area contributed by atoms with Crippen molar-refractivity contribution < 1.29 is 8.83 Å². The highest BCUT2D eigenvalue weighted by molar-refractivity contribution is 7.99. The minimum absolute atomic E-state index is 0.0950. The van der Waals surface area contributed by atoms with Crippen molar-refractivity contribution in [1.82, 2.24) is 30.4 Å². The van der Waals surface area contributed by atoms with Crippen molar-refractivity contribution in [3.8, 4) is 11.5 Å². The number of aromatic nitrogens is 6. The van der Waals surface area contributed by atoms with E-state index in [0.29, 0.717) is 23.5 Å². The zero-order valence-electron chi connectivity index (χ0n) is 14.2. The zero-order chi connectivity index (χ0) is 17.9. The quantitative estimate of drug-likeness (QED) is 0.477. The van der Waals surface area contributed by atoms with Gasteiger partial charge in [0.2, 0.25) is 16.9 Å². The van der Waals surface area contributed by atoms with Crippen molar-refractivity contribution in [2.45, 2.75) is 30.8 Å². The Balaban J connectivity index is 1.49. The summed E-state index contributed by atoms with van der Waals surface area (Å²) >= 11 is 1.45. The highest BCUT2D eigenvalue weighted by atomic mass is 32.2. The van der Waals surface area contributed by atoms with Crippen LogP contribution in [0.3, 0.4) is 0 Å². The van der Waals surface area contributed by atoms with Crippen LogP contribution in [0.5, 0.6) is 0 Å². The normalized spacial score (nSPS) is 12.4. The molecule has 0 N–H and O–H groups in total. The van der Waals surface area contributed by atoms with E-state index in [1.54, 1.807) is 10.9 Å². The smallest absolute Gasteiger partial charge is 0.247 e. The molecule has 0 amide bonds. The van der Waals surface area contributed by atoms with E-state index in [0.717, 1.165) is 16.9 Å². The lowest BCUT2D eigenvalue weighted by Crippen LogP contribution is -2.04. The van der Waals surface area contributed by atoms with Gasteiger partial charge < -0.3 is 8.83 Å². The molecule has 0 aliphatic heterocycles. The van der Waals surface area contributed by atoms with Gasteiger partial charge in [-0.15, -0.1) is 15.3 Å². The third kappa shape index (κ3) is 3.52. The fourth-order valence-corrected chi connectivity index (χ4v) is 3.25. The molecule has 1 aromatic carbocycles. The molecule has 26 heavy (non-hydrogen) atoms. The first-order valence-corrected chi connectivity index (χ1v) is 8.92. The molecule has 0 unspecified atom stereocenters. The largest absolute Gasteiger partial charge is 0.467 e. The molecule has 0 fully saturated rings. The Morgan fingerprint density at radius 1 is 1.15 bits per heavy atom. The molecule has 4 rings (SSSR count). The lowest BCUT2D eigenvalue weighted by Gasteiger charge is -2.06. The van der Waals surface area contributed by atoms with E-state index in [1.165, 1.54) is 11.8 Å². The van der Waals surface area contributed by atoms with Crippen molar-refractivity contribution >= 4 is 11.8 Å². The summed E-state index contributed by atoms with van der Waals surface area (Å²) in [6.45, 7) is 4.47. The van der Waals surface area contributed by atoms with Crippen molar-refractivity contribution in [1.29, 1.82) is 0 Å². The molecule has 1 atom stereocenters. The van der Waals surface area contributed by atoms with E-state index in [-0.39, 0.29) is 5.25 Å². The van der Waals surface area contributed by atoms with Crippen LogP contribution in [-0.4, -0.2) is 30.4 Å². The van der Waals surface area contributed by atoms with E-state index < -0.39 is 0 Å². The number of hydrogen-bond acceptors (Lipinski definition) is 8. The Kier molecular flexibility index (Phi) is 4.53. The summed E-state index contributed by atoms with van der Waals surface area (Å²) in [5, 5.41) is 20.7. The lowest BCUT2D eigenvalue weighted by atomic mass is 10.1. The van der Waals surface area contributed by atoms with E-state index in [9.17, 15) is 0 Å². The Labute approximate surface area is 153 Å². The number of hydrogen-bond donors (Lipinski definition) is 0. The molecular formula is C17H16N6O2S. The van der Waals surface area contributed by atoms with Crippen LogP contribution < -0.4 is 0 Å². The molecular weight excluding hydrogens is 352 g/mol. The lowest BCUT2D eigenvalue weighted by molar-refractivity contribution is 0.462. The van der Waals surface area contributed by atoms with Crippen molar-refractivity contribution in [3.05, 3.63) is 59.9 Å². The standard InChI is InChI=1S/C17H16N6O2S/c1-11-5-3-6-13(9-11)16-19-18-15(25-16)12(2)26-17-20-21-22-23(17)10-14-7-4-8-24-14/h3-9,12H,10H2,1-2H3/t12-/m0/s1. The van der Waals surface area contributed by atoms with Gasteiger partial charge in [-0.25, -0.2) is 4.68 Å². The number of aryl methyl sites for hydroxylation is 1. The van der Waals surface area contributed by atoms with Gasteiger partial charge in [0.1, 0.15) is 12.3 Å². The van der Waals surface area contributed by atoms with Gasteiger partial charge in [-0.3, -0.25) is 0 Å². The minimum Gasteiger partial charge on any atom is -0.467 e. The van der Waals surface area contributed by atoms with Gasteiger partial charge in [0.05, 0.1) is 11.5 Å². The van der Waals surface area contributed by atoms with Crippen LogP contribution in [0.25, 0.3) is 11.5 Å². The number of nitrogens with zero attached hydrogens (tertiary/aromatic N) is 6.